The van der Waals surface area contributed by atoms with Gasteiger partial charge in [0, 0.05) is 19.6 Å². The first kappa shape index (κ1) is 14.7. The van der Waals surface area contributed by atoms with E-state index in [0.29, 0.717) is 22.9 Å². The van der Waals surface area contributed by atoms with E-state index in [1.165, 1.54) is 0 Å². The maximum absolute atomic E-state index is 12.3. The fourth-order valence-corrected chi connectivity index (χ4v) is 2.69. The monoisotopic (exact) mass is 302 g/mol. The molecule has 0 saturated heterocycles. The molecule has 6 nitrogen and oxygen atoms in total. The van der Waals surface area contributed by atoms with Crippen LogP contribution in [0, 0.1) is 6.92 Å². The molecule has 0 amide bonds. The molecular formula is C16H18N2O4. The molecule has 0 aliphatic heterocycles. The second-order valence-corrected chi connectivity index (χ2v) is 5.36. The van der Waals surface area contributed by atoms with Gasteiger partial charge in [0.1, 0.15) is 6.10 Å². The largest absolute Gasteiger partial charge is 0.456 e. The summed E-state index contributed by atoms with van der Waals surface area (Å²) in [6.45, 7) is 1.72. The first-order valence-electron chi connectivity index (χ1n) is 7.31. The van der Waals surface area contributed by atoms with Crippen LogP contribution in [-0.4, -0.2) is 35.5 Å². The number of benzene rings is 1. The Balaban J connectivity index is 1.75. The third-order valence-electron chi connectivity index (χ3n) is 3.82. The fourth-order valence-electron chi connectivity index (χ4n) is 2.69. The van der Waals surface area contributed by atoms with Gasteiger partial charge < -0.3 is 13.9 Å². The average Bonchev–Trinajstić information content (AvgIpc) is 3.16. The van der Waals surface area contributed by atoms with Gasteiger partial charge in [-0.2, -0.15) is 0 Å². The van der Waals surface area contributed by atoms with Gasteiger partial charge in [-0.25, -0.2) is 4.79 Å². The lowest BCUT2D eigenvalue weighted by atomic mass is 10.1. The van der Waals surface area contributed by atoms with Crippen molar-refractivity contribution >= 4 is 5.97 Å². The van der Waals surface area contributed by atoms with Crippen molar-refractivity contribution in [1.29, 1.82) is 0 Å². The zero-order chi connectivity index (χ0) is 15.5. The van der Waals surface area contributed by atoms with Crippen LogP contribution < -0.4 is 0 Å². The highest BCUT2D eigenvalue weighted by molar-refractivity contribution is 5.90. The Hall–Kier alpha value is -2.21. The number of carbonyl (C=O) groups is 1. The summed E-state index contributed by atoms with van der Waals surface area (Å²) < 4.78 is 16.3. The number of aryl methyl sites for hydroxylation is 1. The Morgan fingerprint density at radius 2 is 2.09 bits per heavy atom. The van der Waals surface area contributed by atoms with Crippen molar-refractivity contribution in [2.24, 2.45) is 0 Å². The summed E-state index contributed by atoms with van der Waals surface area (Å²) >= 11 is 0. The zero-order valence-corrected chi connectivity index (χ0v) is 12.6. The summed E-state index contributed by atoms with van der Waals surface area (Å²) in [6, 6.07) is 7.00. The standard InChI is InChI=1S/C16H18N2O4/c1-10-17-18-15(21-10)11-5-3-6-12(9-11)16(19)22-14-8-4-7-13(14)20-2/h3,5-6,9,13-14H,4,7-8H2,1-2H3. The van der Waals surface area contributed by atoms with Gasteiger partial charge in [0.05, 0.1) is 11.7 Å². The van der Waals surface area contributed by atoms with Gasteiger partial charge in [-0.3, -0.25) is 0 Å². The molecule has 1 aliphatic carbocycles. The van der Waals surface area contributed by atoms with Crippen LogP contribution in [0.15, 0.2) is 28.7 Å². The lowest BCUT2D eigenvalue weighted by Crippen LogP contribution is -2.27. The molecule has 1 aliphatic rings. The molecule has 1 aromatic carbocycles. The molecule has 2 aromatic rings. The minimum atomic E-state index is -0.355. The Kier molecular flexibility index (Phi) is 4.20. The maximum atomic E-state index is 12.3. The van der Waals surface area contributed by atoms with Crippen molar-refractivity contribution in [3.8, 4) is 11.5 Å². The summed E-state index contributed by atoms with van der Waals surface area (Å²) in [6.07, 6.45) is 2.60. The molecular weight excluding hydrogens is 284 g/mol. The lowest BCUT2D eigenvalue weighted by Gasteiger charge is -2.18. The Bertz CT molecular complexity index is 668. The Labute approximate surface area is 128 Å². The molecule has 1 heterocycles. The molecule has 6 heteroatoms. The average molecular weight is 302 g/mol. The first-order valence-corrected chi connectivity index (χ1v) is 7.31. The van der Waals surface area contributed by atoms with E-state index in [0.717, 1.165) is 19.3 Å². The van der Waals surface area contributed by atoms with E-state index in [1.807, 2.05) is 6.07 Å². The first-order chi connectivity index (χ1) is 10.7. The van der Waals surface area contributed by atoms with Crippen molar-refractivity contribution in [3.63, 3.8) is 0 Å². The molecule has 2 atom stereocenters. The van der Waals surface area contributed by atoms with Crippen molar-refractivity contribution < 1.29 is 18.7 Å². The van der Waals surface area contributed by atoms with Gasteiger partial charge in [0.2, 0.25) is 11.8 Å². The molecule has 22 heavy (non-hydrogen) atoms. The van der Waals surface area contributed by atoms with E-state index < -0.39 is 0 Å². The van der Waals surface area contributed by atoms with Crippen LogP contribution in [0.2, 0.25) is 0 Å². The number of methoxy groups -OCH3 is 1. The van der Waals surface area contributed by atoms with Gasteiger partial charge in [0.25, 0.3) is 0 Å². The van der Waals surface area contributed by atoms with Crippen molar-refractivity contribution in [3.05, 3.63) is 35.7 Å². The van der Waals surface area contributed by atoms with Gasteiger partial charge in [0.15, 0.2) is 0 Å². The van der Waals surface area contributed by atoms with E-state index in [-0.39, 0.29) is 18.2 Å². The molecule has 2 unspecified atom stereocenters. The van der Waals surface area contributed by atoms with E-state index in [2.05, 4.69) is 10.2 Å². The molecule has 0 spiro atoms. The second kappa shape index (κ2) is 6.27. The quantitative estimate of drug-likeness (QED) is 0.808. The fraction of sp³-hybridized carbons (Fsp3) is 0.438. The smallest absolute Gasteiger partial charge is 0.338 e. The highest BCUT2D eigenvalue weighted by atomic mass is 16.6. The third-order valence-corrected chi connectivity index (χ3v) is 3.82. The normalized spacial score (nSPS) is 21.0. The molecule has 0 radical (unpaired) electrons. The van der Waals surface area contributed by atoms with Crippen LogP contribution in [0.5, 0.6) is 0 Å². The summed E-state index contributed by atoms with van der Waals surface area (Å²) in [4.78, 5) is 12.3. The van der Waals surface area contributed by atoms with Crippen LogP contribution in [0.1, 0.15) is 35.5 Å². The summed E-state index contributed by atoms with van der Waals surface area (Å²) in [5, 5.41) is 7.75. The minimum absolute atomic E-state index is 0.00859. The van der Waals surface area contributed by atoms with Gasteiger partial charge in [-0.15, -0.1) is 10.2 Å². The third kappa shape index (κ3) is 3.01. The zero-order valence-electron chi connectivity index (χ0n) is 12.6. The van der Waals surface area contributed by atoms with E-state index in [1.54, 1.807) is 32.2 Å². The number of hydrogen-bond donors (Lipinski definition) is 0. The van der Waals surface area contributed by atoms with E-state index in [4.69, 9.17) is 13.9 Å². The highest BCUT2D eigenvalue weighted by Gasteiger charge is 2.30. The van der Waals surface area contributed by atoms with Gasteiger partial charge >= 0.3 is 5.97 Å². The predicted molar refractivity (Wildman–Crippen MR) is 78.3 cm³/mol. The molecule has 1 saturated carbocycles. The summed E-state index contributed by atoms with van der Waals surface area (Å²) in [5.41, 5.74) is 1.17. The molecule has 0 N–H and O–H groups in total. The van der Waals surface area contributed by atoms with E-state index in [9.17, 15) is 4.79 Å². The molecule has 0 bridgehead atoms. The Morgan fingerprint density at radius 3 is 2.82 bits per heavy atom. The van der Waals surface area contributed by atoms with Crippen LogP contribution >= 0.6 is 0 Å². The lowest BCUT2D eigenvalue weighted by molar-refractivity contribution is -0.0206. The number of aromatic nitrogens is 2. The summed E-state index contributed by atoms with van der Waals surface area (Å²) in [5.74, 6) is 0.520. The van der Waals surface area contributed by atoms with Crippen LogP contribution in [0.4, 0.5) is 0 Å². The van der Waals surface area contributed by atoms with Crippen LogP contribution in [0.3, 0.4) is 0 Å². The SMILES string of the molecule is COC1CCCC1OC(=O)c1cccc(-c2nnc(C)o2)c1. The number of nitrogens with zero attached hydrogens (tertiary/aromatic N) is 2. The predicted octanol–water partition coefficient (Wildman–Crippen LogP) is 2.77. The van der Waals surface area contributed by atoms with Gasteiger partial charge in [-0.05, 0) is 37.5 Å². The molecule has 3 rings (SSSR count). The van der Waals surface area contributed by atoms with Gasteiger partial charge in [-0.1, -0.05) is 6.07 Å². The molecule has 1 aromatic heterocycles. The topological polar surface area (TPSA) is 74.5 Å². The molecule has 116 valence electrons. The number of rotatable bonds is 4. The molecule has 1 fully saturated rings. The van der Waals surface area contributed by atoms with Crippen molar-refractivity contribution in [1.82, 2.24) is 10.2 Å². The number of hydrogen-bond acceptors (Lipinski definition) is 6. The Morgan fingerprint density at radius 1 is 1.27 bits per heavy atom. The number of esters is 1. The van der Waals surface area contributed by atoms with Crippen molar-refractivity contribution in [2.75, 3.05) is 7.11 Å². The van der Waals surface area contributed by atoms with Crippen molar-refractivity contribution in [2.45, 2.75) is 38.4 Å². The number of carbonyl (C=O) groups excluding carboxylic acids is 1. The maximum Gasteiger partial charge on any atom is 0.338 e. The van der Waals surface area contributed by atoms with Crippen LogP contribution in [-0.2, 0) is 9.47 Å². The second-order valence-electron chi connectivity index (χ2n) is 5.36. The van der Waals surface area contributed by atoms with E-state index >= 15 is 0 Å². The highest BCUT2D eigenvalue weighted by Crippen LogP contribution is 2.26. The minimum Gasteiger partial charge on any atom is -0.456 e. The summed E-state index contributed by atoms with van der Waals surface area (Å²) in [7, 11) is 1.65. The van der Waals surface area contributed by atoms with Crippen LogP contribution in [0.25, 0.3) is 11.5 Å². The number of ether oxygens (including phenoxy) is 2.